The molecule has 180 valence electrons. The van der Waals surface area contributed by atoms with Gasteiger partial charge in [0.05, 0.1) is 12.5 Å². The van der Waals surface area contributed by atoms with Crippen molar-refractivity contribution in [2.24, 2.45) is 11.5 Å². The van der Waals surface area contributed by atoms with E-state index in [0.717, 1.165) is 0 Å². The van der Waals surface area contributed by atoms with Crippen LogP contribution in [0.2, 0.25) is 0 Å². The van der Waals surface area contributed by atoms with Crippen LogP contribution in [-0.4, -0.2) is 76.1 Å². The SMILES string of the molecule is NC(=O)CC(NC(=O)C1CCCN1C(=O)C(N)CS)C(=O)NC(Cc1ccccc1)C(=O)O. The molecular weight excluding hydrogens is 450 g/mol. The van der Waals surface area contributed by atoms with Crippen LogP contribution in [0, 0.1) is 0 Å². The Labute approximate surface area is 196 Å². The number of thiol groups is 1. The minimum atomic E-state index is -1.40. The minimum Gasteiger partial charge on any atom is -0.480 e. The van der Waals surface area contributed by atoms with Crippen molar-refractivity contribution >= 4 is 42.2 Å². The van der Waals surface area contributed by atoms with Gasteiger partial charge in [-0.05, 0) is 18.4 Å². The average molecular weight is 480 g/mol. The molecular formula is C21H29N5O6S. The zero-order valence-electron chi connectivity index (χ0n) is 18.0. The molecule has 1 aromatic carbocycles. The zero-order valence-corrected chi connectivity index (χ0v) is 18.9. The number of rotatable bonds is 11. The zero-order chi connectivity index (χ0) is 24.5. The molecule has 0 aromatic heterocycles. The molecule has 33 heavy (non-hydrogen) atoms. The van der Waals surface area contributed by atoms with E-state index in [2.05, 4.69) is 23.3 Å². The lowest BCUT2D eigenvalue weighted by Crippen LogP contribution is -2.57. The molecule has 1 aliphatic heterocycles. The Bertz CT molecular complexity index is 883. The van der Waals surface area contributed by atoms with E-state index in [0.29, 0.717) is 24.9 Å². The van der Waals surface area contributed by atoms with Crippen molar-refractivity contribution < 1.29 is 29.1 Å². The Hall–Kier alpha value is -3.12. The first kappa shape index (κ1) is 26.1. The highest BCUT2D eigenvalue weighted by Gasteiger charge is 2.38. The second kappa shape index (κ2) is 12.2. The molecule has 4 unspecified atom stereocenters. The molecule has 1 saturated heterocycles. The summed E-state index contributed by atoms with van der Waals surface area (Å²) >= 11 is 4.01. The summed E-state index contributed by atoms with van der Waals surface area (Å²) in [4.78, 5) is 62.6. The van der Waals surface area contributed by atoms with Crippen molar-refractivity contribution in [2.45, 2.75) is 49.9 Å². The number of carbonyl (C=O) groups is 5. The van der Waals surface area contributed by atoms with Gasteiger partial charge in [-0.3, -0.25) is 19.2 Å². The predicted molar refractivity (Wildman–Crippen MR) is 122 cm³/mol. The molecule has 0 spiro atoms. The first-order valence-electron chi connectivity index (χ1n) is 10.5. The Morgan fingerprint density at radius 2 is 1.79 bits per heavy atom. The summed E-state index contributed by atoms with van der Waals surface area (Å²) in [5.41, 5.74) is 11.7. The number of benzene rings is 1. The molecule has 0 aliphatic carbocycles. The first-order chi connectivity index (χ1) is 15.6. The highest BCUT2D eigenvalue weighted by Crippen LogP contribution is 2.19. The van der Waals surface area contributed by atoms with Crippen LogP contribution in [0.15, 0.2) is 30.3 Å². The molecule has 7 N–H and O–H groups in total. The van der Waals surface area contributed by atoms with E-state index >= 15 is 0 Å². The molecule has 11 nitrogen and oxygen atoms in total. The van der Waals surface area contributed by atoms with Gasteiger partial charge in [-0.25, -0.2) is 4.79 Å². The monoisotopic (exact) mass is 479 g/mol. The predicted octanol–water partition coefficient (Wildman–Crippen LogP) is -1.59. The molecule has 1 aliphatic rings. The highest BCUT2D eigenvalue weighted by molar-refractivity contribution is 7.80. The summed E-state index contributed by atoms with van der Waals surface area (Å²) in [6, 6.07) is 4.25. The Balaban J connectivity index is 2.11. The number of hydrogen-bond acceptors (Lipinski definition) is 7. The third kappa shape index (κ3) is 7.46. The van der Waals surface area contributed by atoms with Crippen molar-refractivity contribution in [3.05, 3.63) is 35.9 Å². The maximum atomic E-state index is 12.9. The second-order valence-electron chi connectivity index (χ2n) is 7.80. The van der Waals surface area contributed by atoms with Gasteiger partial charge < -0.3 is 32.1 Å². The molecule has 1 aromatic rings. The van der Waals surface area contributed by atoms with Gasteiger partial charge >= 0.3 is 5.97 Å². The molecule has 2 rings (SSSR count). The van der Waals surface area contributed by atoms with E-state index in [1.165, 1.54) is 4.90 Å². The van der Waals surface area contributed by atoms with Crippen molar-refractivity contribution in [2.75, 3.05) is 12.3 Å². The van der Waals surface area contributed by atoms with Crippen LogP contribution < -0.4 is 22.1 Å². The normalized spacial score (nSPS) is 18.1. The fourth-order valence-electron chi connectivity index (χ4n) is 3.59. The lowest BCUT2D eigenvalue weighted by molar-refractivity contribution is -0.143. The summed E-state index contributed by atoms with van der Waals surface area (Å²) in [6.07, 6.45) is 0.388. The maximum Gasteiger partial charge on any atom is 0.326 e. The lowest BCUT2D eigenvalue weighted by atomic mass is 10.0. The standard InChI is InChI=1S/C21H29N5O6S/c22-13(11-33)20(30)26-8-4-7-16(26)19(29)24-14(10-17(23)27)18(28)25-15(21(31)32)9-12-5-2-1-3-6-12/h1-3,5-6,13-16,33H,4,7-11,22H2,(H2,23,27)(H,24,29)(H,25,28)(H,31,32). The molecule has 4 amide bonds. The van der Waals surface area contributed by atoms with E-state index in [9.17, 15) is 29.1 Å². The lowest BCUT2D eigenvalue weighted by Gasteiger charge is -2.28. The molecule has 1 heterocycles. The van der Waals surface area contributed by atoms with E-state index in [1.54, 1.807) is 30.3 Å². The Kier molecular flexibility index (Phi) is 9.67. The number of nitrogens with one attached hydrogen (secondary N) is 2. The number of carbonyl (C=O) groups excluding carboxylic acids is 4. The largest absolute Gasteiger partial charge is 0.480 e. The smallest absolute Gasteiger partial charge is 0.326 e. The van der Waals surface area contributed by atoms with E-state index in [1.807, 2.05) is 0 Å². The van der Waals surface area contributed by atoms with Gasteiger partial charge in [-0.1, -0.05) is 30.3 Å². The van der Waals surface area contributed by atoms with Crippen LogP contribution in [0.25, 0.3) is 0 Å². The molecule has 12 heteroatoms. The topological polar surface area (TPSA) is 185 Å². The van der Waals surface area contributed by atoms with Crippen molar-refractivity contribution in [3.8, 4) is 0 Å². The van der Waals surface area contributed by atoms with Crippen molar-refractivity contribution in [3.63, 3.8) is 0 Å². The maximum absolute atomic E-state index is 12.9. The van der Waals surface area contributed by atoms with Gasteiger partial charge in [0.2, 0.25) is 23.6 Å². The van der Waals surface area contributed by atoms with Gasteiger partial charge in [-0.15, -0.1) is 0 Å². The third-order valence-electron chi connectivity index (χ3n) is 5.29. The van der Waals surface area contributed by atoms with Crippen LogP contribution in [-0.2, 0) is 30.4 Å². The number of hydrogen-bond donors (Lipinski definition) is 6. The van der Waals surface area contributed by atoms with Gasteiger partial charge in [0, 0.05) is 18.7 Å². The molecule has 0 bridgehead atoms. The summed E-state index contributed by atoms with van der Waals surface area (Å²) in [5.74, 6) is -3.98. The van der Waals surface area contributed by atoms with E-state index < -0.39 is 60.2 Å². The number of carboxylic acid groups (broad SMARTS) is 1. The minimum absolute atomic E-state index is 0.00563. The van der Waals surface area contributed by atoms with Crippen LogP contribution >= 0.6 is 12.6 Å². The Morgan fingerprint density at radius 3 is 2.36 bits per heavy atom. The van der Waals surface area contributed by atoms with Crippen LogP contribution in [0.3, 0.4) is 0 Å². The molecule has 4 atom stereocenters. The number of nitrogens with zero attached hydrogens (tertiary/aromatic N) is 1. The quantitative estimate of drug-likeness (QED) is 0.206. The van der Waals surface area contributed by atoms with Crippen LogP contribution in [0.5, 0.6) is 0 Å². The van der Waals surface area contributed by atoms with E-state index in [-0.39, 0.29) is 12.2 Å². The van der Waals surface area contributed by atoms with Gasteiger partial charge in [0.1, 0.15) is 18.1 Å². The fourth-order valence-corrected chi connectivity index (χ4v) is 3.75. The van der Waals surface area contributed by atoms with Gasteiger partial charge in [-0.2, -0.15) is 12.6 Å². The number of amides is 4. The molecule has 0 saturated carbocycles. The summed E-state index contributed by atoms with van der Waals surface area (Å²) in [7, 11) is 0. The summed E-state index contributed by atoms with van der Waals surface area (Å²) < 4.78 is 0. The van der Waals surface area contributed by atoms with Gasteiger partial charge in [0.25, 0.3) is 0 Å². The second-order valence-corrected chi connectivity index (χ2v) is 8.16. The number of nitrogens with two attached hydrogens (primary N) is 2. The third-order valence-corrected chi connectivity index (χ3v) is 5.68. The molecule has 1 fully saturated rings. The van der Waals surface area contributed by atoms with Crippen molar-refractivity contribution in [1.29, 1.82) is 0 Å². The molecule has 0 radical (unpaired) electrons. The van der Waals surface area contributed by atoms with Crippen LogP contribution in [0.4, 0.5) is 0 Å². The van der Waals surface area contributed by atoms with Crippen LogP contribution in [0.1, 0.15) is 24.8 Å². The summed E-state index contributed by atoms with van der Waals surface area (Å²) in [5, 5.41) is 14.3. The van der Waals surface area contributed by atoms with Gasteiger partial charge in [0.15, 0.2) is 0 Å². The first-order valence-corrected chi connectivity index (χ1v) is 11.1. The number of carboxylic acids is 1. The van der Waals surface area contributed by atoms with Crippen molar-refractivity contribution in [1.82, 2.24) is 15.5 Å². The number of aliphatic carboxylic acids is 1. The average Bonchev–Trinajstić information content (AvgIpc) is 3.27. The number of primary amides is 1. The van der Waals surface area contributed by atoms with E-state index in [4.69, 9.17) is 11.5 Å². The Morgan fingerprint density at radius 1 is 1.12 bits per heavy atom. The summed E-state index contributed by atoms with van der Waals surface area (Å²) in [6.45, 7) is 0.323. The highest BCUT2D eigenvalue weighted by atomic mass is 32.1. The fraction of sp³-hybridized carbons (Fsp3) is 0.476. The number of likely N-dealkylation sites (tertiary alicyclic amines) is 1.